The number of carbonyl (C=O) groups excluding carboxylic acids is 1. The second kappa shape index (κ2) is 9.43. The van der Waals surface area contributed by atoms with Crippen molar-refractivity contribution in [1.29, 1.82) is 0 Å². The predicted octanol–water partition coefficient (Wildman–Crippen LogP) is 4.30. The molecule has 2 aromatic carbocycles. The Morgan fingerprint density at radius 2 is 1.84 bits per heavy atom. The van der Waals surface area contributed by atoms with Gasteiger partial charge < -0.3 is 14.6 Å². The van der Waals surface area contributed by atoms with Gasteiger partial charge in [0.1, 0.15) is 17.1 Å². The second-order valence-electron chi connectivity index (χ2n) is 7.51. The number of imidazole rings is 1. The molecule has 0 aliphatic heterocycles. The maximum absolute atomic E-state index is 12.6. The fraction of sp³-hybridized carbons (Fsp3) is 0.240. The smallest absolute Gasteiger partial charge is 0.220 e. The Morgan fingerprint density at radius 1 is 1.06 bits per heavy atom. The highest BCUT2D eigenvalue weighted by molar-refractivity contribution is 5.77. The predicted molar refractivity (Wildman–Crippen MR) is 121 cm³/mol. The van der Waals surface area contributed by atoms with Crippen molar-refractivity contribution >= 4 is 17.1 Å². The lowest BCUT2D eigenvalue weighted by molar-refractivity contribution is -0.121. The Bertz CT molecular complexity index is 1150. The molecular formula is C25H26N4O2. The summed E-state index contributed by atoms with van der Waals surface area (Å²) in [5, 5.41) is 3.08. The molecule has 31 heavy (non-hydrogen) atoms. The SMILES string of the molecule is COc1ccc(Cn2c(CCC(=O)N[C@@H](C)c3ccccc3)nc3cccnc32)cc1. The minimum Gasteiger partial charge on any atom is -0.497 e. The molecule has 0 saturated carbocycles. The highest BCUT2D eigenvalue weighted by Gasteiger charge is 2.15. The fourth-order valence-electron chi connectivity index (χ4n) is 3.64. The van der Waals surface area contributed by atoms with E-state index in [1.807, 2.05) is 73.7 Å². The van der Waals surface area contributed by atoms with Gasteiger partial charge in [0.15, 0.2) is 5.65 Å². The van der Waals surface area contributed by atoms with E-state index in [1.165, 1.54) is 0 Å². The van der Waals surface area contributed by atoms with Gasteiger partial charge in [-0.3, -0.25) is 4.79 Å². The summed E-state index contributed by atoms with van der Waals surface area (Å²) < 4.78 is 7.34. The molecule has 0 aliphatic carbocycles. The summed E-state index contributed by atoms with van der Waals surface area (Å²) in [4.78, 5) is 21.8. The first-order chi connectivity index (χ1) is 15.1. The lowest BCUT2D eigenvalue weighted by atomic mass is 10.1. The average Bonchev–Trinajstić information content (AvgIpc) is 3.16. The quantitative estimate of drug-likeness (QED) is 0.467. The molecule has 0 fully saturated rings. The number of hydrogen-bond donors (Lipinski definition) is 1. The number of benzene rings is 2. The van der Waals surface area contributed by atoms with Crippen LogP contribution >= 0.6 is 0 Å². The van der Waals surface area contributed by atoms with Crippen molar-refractivity contribution in [2.24, 2.45) is 0 Å². The van der Waals surface area contributed by atoms with Crippen LogP contribution in [0.25, 0.3) is 11.2 Å². The van der Waals surface area contributed by atoms with Gasteiger partial charge in [0.05, 0.1) is 19.7 Å². The third-order valence-electron chi connectivity index (χ3n) is 5.34. The Labute approximate surface area is 181 Å². The van der Waals surface area contributed by atoms with Crippen LogP contribution in [-0.2, 0) is 17.8 Å². The fourth-order valence-corrected chi connectivity index (χ4v) is 3.64. The molecule has 6 heteroatoms. The number of amides is 1. The zero-order chi connectivity index (χ0) is 21.6. The van der Waals surface area contributed by atoms with Crippen molar-refractivity contribution in [2.45, 2.75) is 32.4 Å². The number of aromatic nitrogens is 3. The molecule has 0 bridgehead atoms. The van der Waals surface area contributed by atoms with E-state index in [-0.39, 0.29) is 11.9 Å². The Kier molecular flexibility index (Phi) is 6.26. The average molecular weight is 415 g/mol. The molecule has 2 aromatic heterocycles. The van der Waals surface area contributed by atoms with Crippen LogP contribution < -0.4 is 10.1 Å². The van der Waals surface area contributed by atoms with Crippen LogP contribution in [0.5, 0.6) is 5.75 Å². The monoisotopic (exact) mass is 414 g/mol. The normalized spacial score (nSPS) is 11.9. The standard InChI is InChI=1S/C25H26N4O2/c1-18(20-7-4-3-5-8-20)27-24(30)15-14-23-28-22-9-6-16-26-25(22)29(23)17-19-10-12-21(31-2)13-11-19/h3-13,16,18H,14-15,17H2,1-2H3,(H,27,30)/t18-/m0/s1. The lowest BCUT2D eigenvalue weighted by Gasteiger charge is -2.14. The number of ether oxygens (including phenoxy) is 1. The number of hydrogen-bond acceptors (Lipinski definition) is 4. The van der Waals surface area contributed by atoms with E-state index in [1.54, 1.807) is 13.3 Å². The molecule has 4 rings (SSSR count). The maximum atomic E-state index is 12.6. The van der Waals surface area contributed by atoms with Crippen LogP contribution in [0, 0.1) is 0 Å². The van der Waals surface area contributed by atoms with Crippen LogP contribution in [0.2, 0.25) is 0 Å². The van der Waals surface area contributed by atoms with Gasteiger partial charge in [0.25, 0.3) is 0 Å². The number of nitrogens with one attached hydrogen (secondary N) is 1. The van der Waals surface area contributed by atoms with Gasteiger partial charge in [-0.25, -0.2) is 9.97 Å². The summed E-state index contributed by atoms with van der Waals surface area (Å²) in [5.41, 5.74) is 3.87. The van der Waals surface area contributed by atoms with Gasteiger partial charge in [-0.15, -0.1) is 0 Å². The summed E-state index contributed by atoms with van der Waals surface area (Å²) in [6.07, 6.45) is 2.68. The molecule has 1 amide bonds. The molecule has 1 N–H and O–H groups in total. The van der Waals surface area contributed by atoms with Crippen molar-refractivity contribution in [3.8, 4) is 5.75 Å². The van der Waals surface area contributed by atoms with E-state index in [4.69, 9.17) is 9.72 Å². The van der Waals surface area contributed by atoms with Crippen molar-refractivity contribution in [3.05, 3.63) is 89.9 Å². The molecule has 0 aliphatic rings. The van der Waals surface area contributed by atoms with Gasteiger partial charge in [-0.2, -0.15) is 0 Å². The minimum absolute atomic E-state index is 0.00682. The van der Waals surface area contributed by atoms with Gasteiger partial charge in [-0.05, 0) is 42.3 Å². The summed E-state index contributed by atoms with van der Waals surface area (Å²) >= 11 is 0. The van der Waals surface area contributed by atoms with Crippen molar-refractivity contribution in [1.82, 2.24) is 19.9 Å². The number of rotatable bonds is 8. The third-order valence-corrected chi connectivity index (χ3v) is 5.34. The van der Waals surface area contributed by atoms with Crippen LogP contribution in [0.3, 0.4) is 0 Å². The lowest BCUT2D eigenvalue weighted by Crippen LogP contribution is -2.27. The van der Waals surface area contributed by atoms with Gasteiger partial charge in [0, 0.05) is 19.0 Å². The summed E-state index contributed by atoms with van der Waals surface area (Å²) in [5.74, 6) is 1.68. The van der Waals surface area contributed by atoms with Gasteiger partial charge in [0.2, 0.25) is 5.91 Å². The molecular weight excluding hydrogens is 388 g/mol. The highest BCUT2D eigenvalue weighted by atomic mass is 16.5. The number of nitrogens with zero attached hydrogens (tertiary/aromatic N) is 3. The number of pyridine rings is 1. The van der Waals surface area contributed by atoms with Crippen molar-refractivity contribution in [3.63, 3.8) is 0 Å². The second-order valence-corrected chi connectivity index (χ2v) is 7.51. The largest absolute Gasteiger partial charge is 0.497 e. The van der Waals surface area contributed by atoms with Crippen LogP contribution in [0.4, 0.5) is 0 Å². The summed E-state index contributed by atoms with van der Waals surface area (Å²) in [6.45, 7) is 2.63. The van der Waals surface area contributed by atoms with E-state index in [2.05, 4.69) is 14.9 Å². The van der Waals surface area contributed by atoms with E-state index in [0.29, 0.717) is 19.4 Å². The molecule has 158 valence electrons. The first kappa shape index (κ1) is 20.6. The van der Waals surface area contributed by atoms with Crippen LogP contribution in [0.1, 0.15) is 36.3 Å². The zero-order valence-corrected chi connectivity index (χ0v) is 17.8. The Balaban J connectivity index is 1.49. The maximum Gasteiger partial charge on any atom is 0.220 e. The highest BCUT2D eigenvalue weighted by Crippen LogP contribution is 2.19. The molecule has 4 aromatic rings. The van der Waals surface area contributed by atoms with E-state index < -0.39 is 0 Å². The topological polar surface area (TPSA) is 69.0 Å². The first-order valence-corrected chi connectivity index (χ1v) is 10.4. The van der Waals surface area contributed by atoms with E-state index in [0.717, 1.165) is 33.9 Å². The number of aryl methyl sites for hydroxylation is 1. The van der Waals surface area contributed by atoms with Crippen molar-refractivity contribution < 1.29 is 9.53 Å². The molecule has 0 unspecified atom stereocenters. The van der Waals surface area contributed by atoms with Crippen molar-refractivity contribution in [2.75, 3.05) is 7.11 Å². The summed E-state index contributed by atoms with van der Waals surface area (Å²) in [7, 11) is 1.66. The van der Waals surface area contributed by atoms with Gasteiger partial charge in [-0.1, -0.05) is 42.5 Å². The first-order valence-electron chi connectivity index (χ1n) is 10.4. The van der Waals surface area contributed by atoms with E-state index >= 15 is 0 Å². The number of methoxy groups -OCH3 is 1. The van der Waals surface area contributed by atoms with Crippen LogP contribution in [0.15, 0.2) is 72.9 Å². The number of carbonyl (C=O) groups is 1. The third kappa shape index (κ3) is 4.91. The molecule has 0 radical (unpaired) electrons. The molecule has 1 atom stereocenters. The Hall–Kier alpha value is -3.67. The molecule has 2 heterocycles. The molecule has 0 saturated heterocycles. The molecule has 6 nitrogen and oxygen atoms in total. The van der Waals surface area contributed by atoms with Gasteiger partial charge >= 0.3 is 0 Å². The zero-order valence-electron chi connectivity index (χ0n) is 17.8. The Morgan fingerprint density at radius 3 is 2.58 bits per heavy atom. The van der Waals surface area contributed by atoms with Crippen LogP contribution in [-0.4, -0.2) is 27.6 Å². The summed E-state index contributed by atoms with van der Waals surface area (Å²) in [6, 6.07) is 21.7. The van der Waals surface area contributed by atoms with E-state index in [9.17, 15) is 4.79 Å². The number of fused-ring (bicyclic) bond motifs is 1. The molecule has 0 spiro atoms. The minimum atomic E-state index is -0.0338.